The molecule has 1 heterocycles. The van der Waals surface area contributed by atoms with Crippen LogP contribution in [-0.4, -0.2) is 9.97 Å². The predicted octanol–water partition coefficient (Wildman–Crippen LogP) is 6.93. The van der Waals surface area contributed by atoms with Crippen LogP contribution in [0.15, 0.2) is 67.2 Å². The minimum absolute atomic E-state index is 0.562. The van der Waals surface area contributed by atoms with Crippen molar-refractivity contribution in [1.29, 1.82) is 0 Å². The third-order valence-electron chi connectivity index (χ3n) is 4.34. The minimum atomic E-state index is 0.562. The summed E-state index contributed by atoms with van der Waals surface area (Å²) in [4.78, 5) is 7.94. The minimum Gasteiger partial charge on any atom is -0.356 e. The van der Waals surface area contributed by atoms with Crippen LogP contribution in [0.2, 0.25) is 10.0 Å². The van der Waals surface area contributed by atoms with Crippen LogP contribution in [0.25, 0.3) is 28.1 Å². The molecule has 0 saturated heterocycles. The Labute approximate surface area is 167 Å². The Morgan fingerprint density at radius 2 is 1.74 bits per heavy atom. The van der Waals surface area contributed by atoms with Gasteiger partial charge in [0.1, 0.15) is 5.82 Å². The second-order valence-corrected chi connectivity index (χ2v) is 7.20. The maximum Gasteiger partial charge on any atom is 0.141 e. The Morgan fingerprint density at radius 3 is 2.48 bits per heavy atom. The molecule has 0 aliphatic heterocycles. The van der Waals surface area contributed by atoms with E-state index in [1.807, 2.05) is 36.4 Å². The number of nitrogens with zero attached hydrogens (tertiary/aromatic N) is 1. The van der Waals surface area contributed by atoms with E-state index in [0.29, 0.717) is 21.4 Å². The maximum absolute atomic E-state index is 6.31. The normalized spacial score (nSPS) is 10.9. The number of hydrogen-bond acceptors (Lipinski definition) is 2. The van der Waals surface area contributed by atoms with E-state index in [1.165, 1.54) is 5.56 Å². The quantitative estimate of drug-likeness (QED) is 0.394. The number of anilines is 1. The average Bonchev–Trinajstić information content (AvgIpc) is 3.04. The van der Waals surface area contributed by atoms with Gasteiger partial charge < -0.3 is 10.3 Å². The zero-order valence-electron chi connectivity index (χ0n) is 14.7. The lowest BCUT2D eigenvalue weighted by atomic mass is 10.1. The molecule has 0 aliphatic carbocycles. The molecule has 5 heteroatoms. The van der Waals surface area contributed by atoms with E-state index in [0.717, 1.165) is 28.0 Å². The van der Waals surface area contributed by atoms with Crippen LogP contribution in [0.3, 0.4) is 0 Å². The fraction of sp³-hybridized carbons (Fsp3) is 0.0455. The molecule has 0 unspecified atom stereocenters. The van der Waals surface area contributed by atoms with E-state index in [1.54, 1.807) is 12.1 Å². The first-order chi connectivity index (χ1) is 13.0. The molecule has 3 nitrogen and oxygen atoms in total. The number of aryl methyl sites for hydroxylation is 1. The summed E-state index contributed by atoms with van der Waals surface area (Å²) in [5.41, 5.74) is 6.43. The zero-order chi connectivity index (χ0) is 19.0. The predicted molar refractivity (Wildman–Crippen MR) is 115 cm³/mol. The fourth-order valence-electron chi connectivity index (χ4n) is 3.01. The van der Waals surface area contributed by atoms with E-state index in [-0.39, 0.29) is 0 Å². The topological polar surface area (TPSA) is 40.7 Å². The van der Waals surface area contributed by atoms with Crippen molar-refractivity contribution in [2.75, 3.05) is 5.32 Å². The van der Waals surface area contributed by atoms with E-state index >= 15 is 0 Å². The molecule has 134 valence electrons. The summed E-state index contributed by atoms with van der Waals surface area (Å²) in [7, 11) is 0. The summed E-state index contributed by atoms with van der Waals surface area (Å²) in [5, 5.41) is 4.47. The molecule has 2 N–H and O–H groups in total. The van der Waals surface area contributed by atoms with Gasteiger partial charge in [0.25, 0.3) is 0 Å². The van der Waals surface area contributed by atoms with Gasteiger partial charge in [-0.15, -0.1) is 0 Å². The molecule has 0 spiro atoms. The Morgan fingerprint density at radius 1 is 1.00 bits per heavy atom. The number of aromatic amines is 1. The van der Waals surface area contributed by atoms with Crippen molar-refractivity contribution in [2.45, 2.75) is 6.92 Å². The molecule has 0 fully saturated rings. The van der Waals surface area contributed by atoms with E-state index in [9.17, 15) is 0 Å². The highest BCUT2D eigenvalue weighted by molar-refractivity contribution is 6.39. The van der Waals surface area contributed by atoms with Crippen molar-refractivity contribution in [3.63, 3.8) is 0 Å². The number of imidazole rings is 1. The SMILES string of the molecule is C=C(Nc1cccc(C)c1)c1ccc2nc(-c3c(Cl)cccc3Cl)[nH]c2c1. The summed E-state index contributed by atoms with van der Waals surface area (Å²) in [6, 6.07) is 19.6. The Hall–Kier alpha value is -2.75. The summed E-state index contributed by atoms with van der Waals surface area (Å²) in [6.07, 6.45) is 0. The summed E-state index contributed by atoms with van der Waals surface area (Å²) in [6.45, 7) is 6.22. The molecule has 0 aliphatic rings. The molecule has 0 amide bonds. The molecule has 1 aromatic heterocycles. The van der Waals surface area contributed by atoms with Crippen LogP contribution in [0, 0.1) is 6.92 Å². The molecule has 3 aromatic carbocycles. The second-order valence-electron chi connectivity index (χ2n) is 6.39. The lowest BCUT2D eigenvalue weighted by Crippen LogP contribution is -1.97. The first-order valence-electron chi connectivity index (χ1n) is 8.48. The highest BCUT2D eigenvalue weighted by atomic mass is 35.5. The van der Waals surface area contributed by atoms with Crippen LogP contribution >= 0.6 is 23.2 Å². The molecule has 0 saturated carbocycles. The number of hydrogen-bond donors (Lipinski definition) is 2. The van der Waals surface area contributed by atoms with E-state index in [4.69, 9.17) is 23.2 Å². The second kappa shape index (κ2) is 7.10. The Kier molecular flexibility index (Phi) is 4.65. The molecular formula is C22H17Cl2N3. The maximum atomic E-state index is 6.31. The molecule has 27 heavy (non-hydrogen) atoms. The lowest BCUT2D eigenvalue weighted by Gasteiger charge is -2.10. The summed E-state index contributed by atoms with van der Waals surface area (Å²) >= 11 is 12.6. The number of aromatic nitrogens is 2. The van der Waals surface area contributed by atoms with Crippen molar-refractivity contribution in [1.82, 2.24) is 9.97 Å². The number of benzene rings is 3. The van der Waals surface area contributed by atoms with Gasteiger partial charge in [0, 0.05) is 11.4 Å². The third kappa shape index (κ3) is 3.57. The molecule has 0 radical (unpaired) electrons. The van der Waals surface area contributed by atoms with Crippen molar-refractivity contribution >= 4 is 45.6 Å². The smallest absolute Gasteiger partial charge is 0.141 e. The first-order valence-corrected chi connectivity index (χ1v) is 9.24. The molecule has 4 rings (SSSR count). The standard InChI is InChI=1S/C22H17Cl2N3/c1-13-5-3-6-16(11-13)25-14(2)15-9-10-19-20(12-15)27-22(26-19)21-17(23)7-4-8-18(21)24/h3-12,25H,2H2,1H3,(H,26,27). The number of fused-ring (bicyclic) bond motifs is 1. The van der Waals surface area contributed by atoms with Gasteiger partial charge in [0.05, 0.1) is 26.6 Å². The van der Waals surface area contributed by atoms with Gasteiger partial charge in [-0.05, 0) is 54.4 Å². The highest BCUT2D eigenvalue weighted by Crippen LogP contribution is 2.34. The van der Waals surface area contributed by atoms with Crippen molar-refractivity contribution in [3.8, 4) is 11.4 Å². The molecule has 4 aromatic rings. The van der Waals surface area contributed by atoms with Gasteiger partial charge in [0.15, 0.2) is 0 Å². The third-order valence-corrected chi connectivity index (χ3v) is 4.97. The summed E-state index contributed by atoms with van der Waals surface area (Å²) < 4.78 is 0. The summed E-state index contributed by atoms with van der Waals surface area (Å²) in [5.74, 6) is 0.648. The van der Waals surface area contributed by atoms with Gasteiger partial charge in [-0.25, -0.2) is 4.98 Å². The lowest BCUT2D eigenvalue weighted by molar-refractivity contribution is 1.34. The number of rotatable bonds is 4. The first kappa shape index (κ1) is 17.7. The van der Waals surface area contributed by atoms with Gasteiger partial charge in [-0.3, -0.25) is 0 Å². The highest BCUT2D eigenvalue weighted by Gasteiger charge is 2.13. The number of H-pyrrole nitrogens is 1. The largest absolute Gasteiger partial charge is 0.356 e. The monoisotopic (exact) mass is 393 g/mol. The fourth-order valence-corrected chi connectivity index (χ4v) is 3.59. The van der Waals surface area contributed by atoms with E-state index < -0.39 is 0 Å². The number of nitrogens with one attached hydrogen (secondary N) is 2. The van der Waals surface area contributed by atoms with Crippen LogP contribution in [0.1, 0.15) is 11.1 Å². The van der Waals surface area contributed by atoms with Crippen molar-refractivity contribution < 1.29 is 0 Å². The van der Waals surface area contributed by atoms with Gasteiger partial charge in [0.2, 0.25) is 0 Å². The van der Waals surface area contributed by atoms with Crippen LogP contribution in [-0.2, 0) is 0 Å². The van der Waals surface area contributed by atoms with Crippen LogP contribution < -0.4 is 5.32 Å². The van der Waals surface area contributed by atoms with Crippen LogP contribution in [0.4, 0.5) is 5.69 Å². The van der Waals surface area contributed by atoms with Crippen LogP contribution in [0.5, 0.6) is 0 Å². The number of halogens is 2. The average molecular weight is 394 g/mol. The van der Waals surface area contributed by atoms with Gasteiger partial charge in [-0.2, -0.15) is 0 Å². The van der Waals surface area contributed by atoms with Crippen molar-refractivity contribution in [3.05, 3.63) is 88.4 Å². The van der Waals surface area contributed by atoms with Gasteiger partial charge in [-0.1, -0.05) is 54.0 Å². The molecule has 0 atom stereocenters. The van der Waals surface area contributed by atoms with E-state index in [2.05, 4.69) is 40.9 Å². The molecular weight excluding hydrogens is 377 g/mol. The molecule has 0 bridgehead atoms. The van der Waals surface area contributed by atoms with Gasteiger partial charge >= 0.3 is 0 Å². The Bertz CT molecular complexity index is 1140. The zero-order valence-corrected chi connectivity index (χ0v) is 16.2. The Balaban J connectivity index is 1.68. The van der Waals surface area contributed by atoms with Crippen molar-refractivity contribution in [2.24, 2.45) is 0 Å².